The first-order chi connectivity index (χ1) is 7.58. The van der Waals surface area contributed by atoms with Gasteiger partial charge in [-0.15, -0.1) is 0 Å². The largest absolute Gasteiger partial charge is 0.548 e. The van der Waals surface area contributed by atoms with Crippen molar-refractivity contribution in [1.82, 2.24) is 5.32 Å². The van der Waals surface area contributed by atoms with Crippen LogP contribution >= 0.6 is 11.6 Å². The molecule has 0 aromatic heterocycles. The molecule has 0 aliphatic heterocycles. The molecule has 0 saturated heterocycles. The van der Waals surface area contributed by atoms with Crippen molar-refractivity contribution in [2.24, 2.45) is 0 Å². The number of carboxylic acid groups (broad SMARTS) is 1. The van der Waals surface area contributed by atoms with Crippen LogP contribution in [-0.2, 0) is 9.59 Å². The summed E-state index contributed by atoms with van der Waals surface area (Å²) in [5.41, 5.74) is 0.799. The first-order valence-corrected chi connectivity index (χ1v) is 4.87. The number of carbonyl (C=O) groups excluding carboxylic acids is 2. The quantitative estimate of drug-likeness (QED) is 0.763. The number of halogens is 1. The lowest BCUT2D eigenvalue weighted by molar-refractivity contribution is -0.303. The van der Waals surface area contributed by atoms with E-state index in [4.69, 9.17) is 11.6 Å². The number of amides is 1. The standard InChI is InChI=1S/C11H10ClNO3/c12-9-4-1-8(2-5-9)3-6-10(14)13-7-11(15)16/h1-6H,7H2,(H,13,14)(H,15,16)/p-1/b6-3+. The zero-order chi connectivity index (χ0) is 12.0. The molecule has 0 unspecified atom stereocenters. The first-order valence-electron chi connectivity index (χ1n) is 4.49. The summed E-state index contributed by atoms with van der Waals surface area (Å²) in [4.78, 5) is 21.1. The van der Waals surface area contributed by atoms with Crippen molar-refractivity contribution in [1.29, 1.82) is 0 Å². The molecule has 0 aliphatic carbocycles. The summed E-state index contributed by atoms with van der Waals surface area (Å²) in [5, 5.41) is 12.8. The lowest BCUT2D eigenvalue weighted by Crippen LogP contribution is -2.36. The fourth-order valence-electron chi connectivity index (χ4n) is 0.964. The summed E-state index contributed by atoms with van der Waals surface area (Å²) in [6.45, 7) is -0.496. The van der Waals surface area contributed by atoms with Gasteiger partial charge in [-0.1, -0.05) is 23.7 Å². The average Bonchev–Trinajstić information content (AvgIpc) is 2.25. The maximum Gasteiger partial charge on any atom is 0.244 e. The maximum atomic E-state index is 11.1. The Hall–Kier alpha value is -1.81. The Bertz CT molecular complexity index is 412. The molecule has 0 heterocycles. The molecule has 4 nitrogen and oxygen atoms in total. The summed E-state index contributed by atoms with van der Waals surface area (Å²) in [5.74, 6) is -1.81. The van der Waals surface area contributed by atoms with Gasteiger partial charge in [-0.25, -0.2) is 0 Å². The second-order valence-electron chi connectivity index (χ2n) is 2.97. The van der Waals surface area contributed by atoms with Gasteiger partial charge < -0.3 is 15.2 Å². The summed E-state index contributed by atoms with van der Waals surface area (Å²) in [6, 6.07) is 6.87. The predicted octanol–water partition coefficient (Wildman–Crippen LogP) is 0.219. The van der Waals surface area contributed by atoms with Crippen LogP contribution in [0.2, 0.25) is 5.02 Å². The van der Waals surface area contributed by atoms with Crippen LogP contribution < -0.4 is 10.4 Å². The normalized spacial score (nSPS) is 10.3. The minimum atomic E-state index is -1.33. The molecule has 16 heavy (non-hydrogen) atoms. The van der Waals surface area contributed by atoms with E-state index < -0.39 is 18.4 Å². The van der Waals surface area contributed by atoms with E-state index in [2.05, 4.69) is 5.32 Å². The highest BCUT2D eigenvalue weighted by molar-refractivity contribution is 6.30. The van der Waals surface area contributed by atoms with Crippen molar-refractivity contribution in [2.45, 2.75) is 0 Å². The predicted molar refractivity (Wildman–Crippen MR) is 58.5 cm³/mol. The van der Waals surface area contributed by atoms with E-state index in [1.165, 1.54) is 6.08 Å². The second-order valence-corrected chi connectivity index (χ2v) is 3.41. The number of hydrogen-bond acceptors (Lipinski definition) is 3. The molecule has 0 spiro atoms. The summed E-state index contributed by atoms with van der Waals surface area (Å²) >= 11 is 5.68. The third kappa shape index (κ3) is 4.61. The summed E-state index contributed by atoms with van der Waals surface area (Å²) in [7, 11) is 0. The number of carboxylic acids is 1. The zero-order valence-corrected chi connectivity index (χ0v) is 9.03. The molecule has 0 fully saturated rings. The number of benzene rings is 1. The maximum absolute atomic E-state index is 11.1. The zero-order valence-electron chi connectivity index (χ0n) is 8.27. The van der Waals surface area contributed by atoms with Gasteiger partial charge in [0.25, 0.3) is 0 Å². The fourth-order valence-corrected chi connectivity index (χ4v) is 1.09. The number of rotatable bonds is 4. The minimum absolute atomic E-state index is 0.487. The number of aliphatic carboxylic acids is 1. The monoisotopic (exact) mass is 238 g/mol. The smallest absolute Gasteiger partial charge is 0.244 e. The molecule has 0 bridgehead atoms. The van der Waals surface area contributed by atoms with Crippen LogP contribution in [0.1, 0.15) is 5.56 Å². The van der Waals surface area contributed by atoms with Crippen LogP contribution in [0.25, 0.3) is 6.08 Å². The first kappa shape index (κ1) is 12.3. The molecule has 1 amide bonds. The Morgan fingerprint density at radius 3 is 2.50 bits per heavy atom. The van der Waals surface area contributed by atoms with Crippen molar-refractivity contribution in [3.8, 4) is 0 Å². The highest BCUT2D eigenvalue weighted by atomic mass is 35.5. The molecule has 84 valence electrons. The number of nitrogens with one attached hydrogen (secondary N) is 1. The van der Waals surface area contributed by atoms with Crippen molar-refractivity contribution in [3.63, 3.8) is 0 Å². The molecule has 0 radical (unpaired) electrons. The highest BCUT2D eigenvalue weighted by Crippen LogP contribution is 2.10. The van der Waals surface area contributed by atoms with E-state index in [1.807, 2.05) is 0 Å². The SMILES string of the molecule is O=C([O-])CNC(=O)/C=C/c1ccc(Cl)cc1. The van der Waals surface area contributed by atoms with Crippen molar-refractivity contribution < 1.29 is 14.7 Å². The lowest BCUT2D eigenvalue weighted by Gasteiger charge is -2.01. The Morgan fingerprint density at radius 1 is 1.31 bits per heavy atom. The van der Waals surface area contributed by atoms with E-state index in [-0.39, 0.29) is 0 Å². The number of carbonyl (C=O) groups is 2. The van der Waals surface area contributed by atoms with Crippen LogP contribution in [0, 0.1) is 0 Å². The lowest BCUT2D eigenvalue weighted by atomic mass is 10.2. The van der Waals surface area contributed by atoms with Crippen LogP contribution in [0.15, 0.2) is 30.3 Å². The van der Waals surface area contributed by atoms with Crippen molar-refractivity contribution in [3.05, 3.63) is 40.9 Å². The summed E-state index contributed by atoms with van der Waals surface area (Å²) < 4.78 is 0. The molecular weight excluding hydrogens is 230 g/mol. The van der Waals surface area contributed by atoms with E-state index in [9.17, 15) is 14.7 Å². The highest BCUT2D eigenvalue weighted by Gasteiger charge is 1.94. The third-order valence-corrected chi connectivity index (χ3v) is 1.96. The topological polar surface area (TPSA) is 69.2 Å². The molecule has 0 saturated carbocycles. The van der Waals surface area contributed by atoms with Crippen LogP contribution in [-0.4, -0.2) is 18.4 Å². The van der Waals surface area contributed by atoms with Gasteiger partial charge in [0.15, 0.2) is 0 Å². The van der Waals surface area contributed by atoms with Crippen LogP contribution in [0.3, 0.4) is 0 Å². The molecule has 0 aliphatic rings. The van der Waals surface area contributed by atoms with E-state index in [1.54, 1.807) is 30.3 Å². The van der Waals surface area contributed by atoms with Gasteiger partial charge in [-0.3, -0.25) is 4.79 Å². The van der Waals surface area contributed by atoms with Crippen LogP contribution in [0.5, 0.6) is 0 Å². The Balaban J connectivity index is 2.50. The van der Waals surface area contributed by atoms with Gasteiger partial charge in [-0.05, 0) is 23.8 Å². The fraction of sp³-hybridized carbons (Fsp3) is 0.0909. The molecule has 1 aromatic carbocycles. The molecule has 1 N–H and O–H groups in total. The van der Waals surface area contributed by atoms with Gasteiger partial charge in [0, 0.05) is 11.1 Å². The molecule has 5 heteroatoms. The molecule has 1 rings (SSSR count). The number of hydrogen-bond donors (Lipinski definition) is 1. The minimum Gasteiger partial charge on any atom is -0.548 e. The van der Waals surface area contributed by atoms with Gasteiger partial charge in [-0.2, -0.15) is 0 Å². The Morgan fingerprint density at radius 2 is 1.94 bits per heavy atom. The van der Waals surface area contributed by atoms with Gasteiger partial charge >= 0.3 is 0 Å². The second kappa shape index (κ2) is 5.92. The Labute approximate surface area is 97.5 Å². The van der Waals surface area contributed by atoms with E-state index in [0.717, 1.165) is 5.56 Å². The Kier molecular flexibility index (Phi) is 4.54. The van der Waals surface area contributed by atoms with Crippen molar-refractivity contribution >= 4 is 29.6 Å². The van der Waals surface area contributed by atoms with Gasteiger partial charge in [0.2, 0.25) is 5.91 Å². The van der Waals surface area contributed by atoms with E-state index >= 15 is 0 Å². The van der Waals surface area contributed by atoms with Crippen LogP contribution in [0.4, 0.5) is 0 Å². The molecule has 0 atom stereocenters. The third-order valence-electron chi connectivity index (χ3n) is 1.70. The van der Waals surface area contributed by atoms with Crippen molar-refractivity contribution in [2.75, 3.05) is 6.54 Å². The summed E-state index contributed by atoms with van der Waals surface area (Å²) in [6.07, 6.45) is 2.80. The molecular formula is C11H9ClNO3-. The average molecular weight is 239 g/mol. The van der Waals surface area contributed by atoms with Gasteiger partial charge in [0.05, 0.1) is 12.5 Å². The molecule has 1 aromatic rings. The van der Waals surface area contributed by atoms with E-state index in [0.29, 0.717) is 5.02 Å². The van der Waals surface area contributed by atoms with Gasteiger partial charge in [0.1, 0.15) is 0 Å².